The van der Waals surface area contributed by atoms with E-state index in [1.807, 2.05) is 49.4 Å². The van der Waals surface area contributed by atoms with E-state index < -0.39 is 0 Å². The number of oxazole rings is 1. The highest BCUT2D eigenvalue weighted by Gasteiger charge is 2.31. The molecule has 3 aromatic rings. The van der Waals surface area contributed by atoms with Crippen molar-refractivity contribution < 1.29 is 9.21 Å². The van der Waals surface area contributed by atoms with E-state index >= 15 is 0 Å². The van der Waals surface area contributed by atoms with Crippen LogP contribution in [0.1, 0.15) is 17.0 Å². The maximum atomic E-state index is 12.5. The Morgan fingerprint density at radius 3 is 2.71 bits per heavy atom. The molecule has 2 aromatic carbocycles. The number of piperazine rings is 1. The molecular weight excluding hydrogens is 374 g/mol. The number of hydrogen-bond donors (Lipinski definition) is 1. The van der Waals surface area contributed by atoms with Crippen LogP contribution in [0, 0.1) is 6.92 Å². The van der Waals surface area contributed by atoms with Gasteiger partial charge in [0.15, 0.2) is 0 Å². The first-order valence-electron chi connectivity index (χ1n) is 9.38. The van der Waals surface area contributed by atoms with E-state index in [1.165, 1.54) is 0 Å². The zero-order chi connectivity index (χ0) is 19.5. The van der Waals surface area contributed by atoms with Crippen molar-refractivity contribution in [2.45, 2.75) is 25.9 Å². The summed E-state index contributed by atoms with van der Waals surface area (Å²) in [5.74, 6) is 1.32. The fraction of sp³-hybridized carbons (Fsp3) is 0.273. The summed E-state index contributed by atoms with van der Waals surface area (Å²) in [6.45, 7) is 3.87. The van der Waals surface area contributed by atoms with Gasteiger partial charge in [-0.05, 0) is 31.0 Å². The van der Waals surface area contributed by atoms with Gasteiger partial charge in [0.1, 0.15) is 5.76 Å². The molecule has 0 aliphatic carbocycles. The van der Waals surface area contributed by atoms with Gasteiger partial charge in [-0.25, -0.2) is 4.98 Å². The lowest BCUT2D eigenvalue weighted by atomic mass is 10.0. The fourth-order valence-corrected chi connectivity index (χ4v) is 3.74. The molecule has 1 aromatic heterocycles. The smallest absolute Gasteiger partial charge is 0.237 e. The minimum Gasteiger partial charge on any atom is -0.441 e. The van der Waals surface area contributed by atoms with E-state index in [0.29, 0.717) is 30.4 Å². The van der Waals surface area contributed by atoms with Crippen molar-refractivity contribution in [3.63, 3.8) is 0 Å². The number of nitrogens with zero attached hydrogens (tertiary/aromatic N) is 2. The van der Waals surface area contributed by atoms with Crippen molar-refractivity contribution >= 4 is 17.5 Å². The van der Waals surface area contributed by atoms with Crippen LogP contribution in [0.4, 0.5) is 0 Å². The van der Waals surface area contributed by atoms with Gasteiger partial charge in [-0.3, -0.25) is 9.69 Å². The van der Waals surface area contributed by atoms with E-state index in [-0.39, 0.29) is 11.9 Å². The van der Waals surface area contributed by atoms with Gasteiger partial charge < -0.3 is 9.73 Å². The van der Waals surface area contributed by atoms with Crippen LogP contribution < -0.4 is 5.32 Å². The van der Waals surface area contributed by atoms with Gasteiger partial charge in [0.25, 0.3) is 0 Å². The highest BCUT2D eigenvalue weighted by molar-refractivity contribution is 6.33. The second kappa shape index (κ2) is 8.17. The summed E-state index contributed by atoms with van der Waals surface area (Å²) >= 11 is 6.28. The molecule has 1 saturated heterocycles. The van der Waals surface area contributed by atoms with E-state index in [9.17, 15) is 4.79 Å². The first kappa shape index (κ1) is 18.7. The molecule has 1 atom stereocenters. The summed E-state index contributed by atoms with van der Waals surface area (Å²) in [6.07, 6.45) is 0.668. The zero-order valence-electron chi connectivity index (χ0n) is 15.7. The Morgan fingerprint density at radius 1 is 1.18 bits per heavy atom. The normalized spacial score (nSPS) is 17.5. The van der Waals surface area contributed by atoms with Crippen LogP contribution in [0.25, 0.3) is 11.5 Å². The zero-order valence-corrected chi connectivity index (χ0v) is 16.4. The number of aromatic nitrogens is 1. The van der Waals surface area contributed by atoms with Crippen molar-refractivity contribution in [3.8, 4) is 11.5 Å². The molecule has 0 bridgehead atoms. The van der Waals surface area contributed by atoms with Crippen LogP contribution in [0.2, 0.25) is 5.02 Å². The predicted octanol–water partition coefficient (Wildman–Crippen LogP) is 3.85. The number of amides is 1. The van der Waals surface area contributed by atoms with E-state index in [4.69, 9.17) is 16.0 Å². The Hall–Kier alpha value is -2.63. The van der Waals surface area contributed by atoms with Crippen molar-refractivity contribution in [1.82, 2.24) is 15.2 Å². The van der Waals surface area contributed by atoms with Gasteiger partial charge in [-0.1, -0.05) is 54.1 Å². The molecule has 0 saturated carbocycles. The van der Waals surface area contributed by atoms with Crippen LogP contribution in [0.15, 0.2) is 59.0 Å². The van der Waals surface area contributed by atoms with E-state index in [1.54, 1.807) is 0 Å². The molecule has 1 fully saturated rings. The summed E-state index contributed by atoms with van der Waals surface area (Å²) in [5, 5.41) is 3.59. The molecule has 144 valence electrons. The minimum absolute atomic E-state index is 0.0579. The molecular formula is C22H22ClN3O2. The van der Waals surface area contributed by atoms with Crippen molar-refractivity contribution in [1.29, 1.82) is 0 Å². The highest BCUT2D eigenvalue weighted by atomic mass is 35.5. The third kappa shape index (κ3) is 3.96. The molecule has 28 heavy (non-hydrogen) atoms. The quantitative estimate of drug-likeness (QED) is 0.713. The Bertz CT molecular complexity index is 971. The lowest BCUT2D eigenvalue weighted by molar-refractivity contribution is -0.129. The number of carbonyl (C=O) groups excluding carboxylic acids is 1. The Labute approximate surface area is 169 Å². The second-order valence-electron chi connectivity index (χ2n) is 6.97. The van der Waals surface area contributed by atoms with Crippen molar-refractivity contribution in [2.75, 3.05) is 13.1 Å². The maximum absolute atomic E-state index is 12.5. The summed E-state index contributed by atoms with van der Waals surface area (Å²) < 4.78 is 5.88. The first-order chi connectivity index (χ1) is 13.6. The number of rotatable bonds is 5. The number of hydrogen-bond acceptors (Lipinski definition) is 4. The summed E-state index contributed by atoms with van der Waals surface area (Å²) in [6, 6.07) is 17.4. The third-order valence-electron chi connectivity index (χ3n) is 5.06. The molecule has 1 aliphatic rings. The predicted molar refractivity (Wildman–Crippen MR) is 109 cm³/mol. The summed E-state index contributed by atoms with van der Waals surface area (Å²) in [5.41, 5.74) is 2.75. The molecule has 1 aliphatic heterocycles. The van der Waals surface area contributed by atoms with Gasteiger partial charge in [-0.2, -0.15) is 0 Å². The number of carbonyl (C=O) groups is 1. The lowest BCUT2D eigenvalue weighted by Gasteiger charge is -2.34. The Morgan fingerprint density at radius 2 is 1.93 bits per heavy atom. The van der Waals surface area contributed by atoms with Crippen LogP contribution >= 0.6 is 11.6 Å². The molecule has 1 N–H and O–H groups in total. The third-order valence-corrected chi connectivity index (χ3v) is 5.39. The summed E-state index contributed by atoms with van der Waals surface area (Å²) in [4.78, 5) is 19.4. The van der Waals surface area contributed by atoms with Gasteiger partial charge >= 0.3 is 0 Å². The van der Waals surface area contributed by atoms with Crippen LogP contribution in [-0.2, 0) is 17.8 Å². The number of nitrogens with one attached hydrogen (secondary N) is 1. The van der Waals surface area contributed by atoms with Crippen molar-refractivity contribution in [3.05, 3.63) is 76.6 Å². The maximum Gasteiger partial charge on any atom is 0.237 e. The molecule has 5 nitrogen and oxygen atoms in total. The van der Waals surface area contributed by atoms with Gasteiger partial charge in [-0.15, -0.1) is 0 Å². The summed E-state index contributed by atoms with van der Waals surface area (Å²) in [7, 11) is 0. The Kier molecular flexibility index (Phi) is 5.46. The second-order valence-corrected chi connectivity index (χ2v) is 7.38. The highest BCUT2D eigenvalue weighted by Crippen LogP contribution is 2.29. The number of benzene rings is 2. The van der Waals surface area contributed by atoms with Crippen LogP contribution in [0.3, 0.4) is 0 Å². The Balaban J connectivity index is 1.56. The molecule has 2 heterocycles. The van der Waals surface area contributed by atoms with Gasteiger partial charge in [0.05, 0.1) is 22.3 Å². The van der Waals surface area contributed by atoms with Gasteiger partial charge in [0, 0.05) is 19.6 Å². The molecule has 1 amide bonds. The SMILES string of the molecule is Cc1oc(-c2ccccc2Cl)nc1CN1CCNC(=O)C1Cc1ccccc1. The molecule has 0 radical (unpaired) electrons. The van der Waals surface area contributed by atoms with Crippen molar-refractivity contribution in [2.24, 2.45) is 0 Å². The largest absolute Gasteiger partial charge is 0.441 e. The average molecular weight is 396 g/mol. The van der Waals surface area contributed by atoms with Gasteiger partial charge in [0.2, 0.25) is 11.8 Å². The van der Waals surface area contributed by atoms with E-state index in [0.717, 1.165) is 29.1 Å². The first-order valence-corrected chi connectivity index (χ1v) is 9.76. The average Bonchev–Trinajstić information content (AvgIpc) is 3.06. The minimum atomic E-state index is -0.226. The topological polar surface area (TPSA) is 58.4 Å². The molecule has 0 spiro atoms. The molecule has 1 unspecified atom stereocenters. The fourth-order valence-electron chi connectivity index (χ4n) is 3.53. The molecule has 6 heteroatoms. The van der Waals surface area contributed by atoms with Crippen LogP contribution in [0.5, 0.6) is 0 Å². The lowest BCUT2D eigenvalue weighted by Crippen LogP contribution is -2.55. The number of halogens is 1. The standard InChI is InChI=1S/C22H22ClN3O2/c1-15-19(25-22(28-15)17-9-5-6-10-18(17)23)14-26-12-11-24-21(27)20(26)13-16-7-3-2-4-8-16/h2-10,20H,11-14H2,1H3,(H,24,27). The number of aryl methyl sites for hydroxylation is 1. The van der Waals surface area contributed by atoms with E-state index in [2.05, 4.69) is 27.3 Å². The van der Waals surface area contributed by atoms with Crippen LogP contribution in [-0.4, -0.2) is 34.9 Å². The molecule has 4 rings (SSSR count). The monoisotopic (exact) mass is 395 g/mol.